The number of benzene rings is 2. The molecule has 2 aromatic rings. The van der Waals surface area contributed by atoms with Crippen molar-refractivity contribution in [2.75, 3.05) is 12.1 Å². The molecule has 2 heterocycles. The van der Waals surface area contributed by atoms with Crippen LogP contribution >= 0.6 is 11.8 Å². The Kier molecular flexibility index (Phi) is 5.36. The third-order valence-corrected chi connectivity index (χ3v) is 5.71. The number of non-ortho nitro benzene ring substituents is 1. The second kappa shape index (κ2) is 8.10. The second-order valence-electron chi connectivity index (χ2n) is 6.42. The number of para-hydroxylation sites is 1. The van der Waals surface area contributed by atoms with Crippen molar-refractivity contribution in [3.63, 3.8) is 0 Å². The monoisotopic (exact) mass is 416 g/mol. The fourth-order valence-electron chi connectivity index (χ4n) is 3.09. The van der Waals surface area contributed by atoms with Gasteiger partial charge in [0, 0.05) is 28.2 Å². The Bertz CT molecular complexity index is 995. The molecule has 10 heteroatoms. The van der Waals surface area contributed by atoms with Crippen molar-refractivity contribution >= 4 is 35.0 Å². The number of nitrogens with one attached hydrogen (secondary N) is 1. The second-order valence-corrected chi connectivity index (χ2v) is 7.66. The molecule has 0 radical (unpaired) electrons. The lowest BCUT2D eigenvalue weighted by atomic mass is 10.1. The summed E-state index contributed by atoms with van der Waals surface area (Å²) in [7, 11) is 0. The van der Waals surface area contributed by atoms with Crippen LogP contribution in [0.4, 0.5) is 11.4 Å². The van der Waals surface area contributed by atoms with E-state index in [0.717, 1.165) is 10.6 Å². The molecule has 0 aromatic heterocycles. The largest absolute Gasteiger partial charge is 0.467 e. The zero-order valence-corrected chi connectivity index (χ0v) is 15.9. The van der Waals surface area contributed by atoms with Gasteiger partial charge < -0.3 is 19.5 Å². The van der Waals surface area contributed by atoms with Crippen LogP contribution in [-0.4, -0.2) is 28.8 Å². The number of hydrogen-bond acceptors (Lipinski definition) is 8. The molecule has 0 saturated heterocycles. The van der Waals surface area contributed by atoms with Crippen molar-refractivity contribution in [1.82, 2.24) is 0 Å². The predicted octanol–water partition coefficient (Wildman–Crippen LogP) is 3.01. The van der Waals surface area contributed by atoms with Gasteiger partial charge in [0.1, 0.15) is 12.4 Å². The van der Waals surface area contributed by atoms with Crippen molar-refractivity contribution in [1.29, 1.82) is 0 Å². The van der Waals surface area contributed by atoms with Crippen LogP contribution in [0.2, 0.25) is 0 Å². The minimum atomic E-state index is -0.610. The molecule has 4 rings (SSSR count). The number of ether oxygens (including phenoxy) is 3. The highest BCUT2D eigenvalue weighted by molar-refractivity contribution is 8.01. The Morgan fingerprint density at radius 2 is 2.17 bits per heavy atom. The Balaban J connectivity index is 1.43. The summed E-state index contributed by atoms with van der Waals surface area (Å²) in [5, 5.41) is 13.3. The van der Waals surface area contributed by atoms with Gasteiger partial charge in [-0.2, -0.15) is 0 Å². The summed E-state index contributed by atoms with van der Waals surface area (Å²) in [4.78, 5) is 36.0. The molecule has 0 aliphatic carbocycles. The van der Waals surface area contributed by atoms with Crippen LogP contribution in [0, 0.1) is 10.1 Å². The number of rotatable bonds is 5. The lowest BCUT2D eigenvalue weighted by molar-refractivity contribution is -0.385. The van der Waals surface area contributed by atoms with E-state index in [9.17, 15) is 19.7 Å². The highest BCUT2D eigenvalue weighted by Gasteiger charge is 2.30. The number of esters is 1. The quantitative estimate of drug-likeness (QED) is 0.449. The fourth-order valence-corrected chi connectivity index (χ4v) is 4.18. The lowest BCUT2D eigenvalue weighted by Crippen LogP contribution is -2.31. The van der Waals surface area contributed by atoms with Crippen molar-refractivity contribution in [2.45, 2.75) is 29.8 Å². The Morgan fingerprint density at radius 1 is 1.34 bits per heavy atom. The van der Waals surface area contributed by atoms with Crippen molar-refractivity contribution in [3.05, 3.63) is 57.6 Å². The van der Waals surface area contributed by atoms with Crippen LogP contribution < -0.4 is 10.1 Å². The molecule has 29 heavy (non-hydrogen) atoms. The van der Waals surface area contributed by atoms with Gasteiger partial charge in [-0.25, -0.2) is 0 Å². The summed E-state index contributed by atoms with van der Waals surface area (Å²) in [5.41, 5.74) is 1.49. The molecule has 0 unspecified atom stereocenters. The van der Waals surface area contributed by atoms with Gasteiger partial charge in [0.25, 0.3) is 5.69 Å². The first-order chi connectivity index (χ1) is 14.0. The van der Waals surface area contributed by atoms with Crippen molar-refractivity contribution in [3.8, 4) is 5.75 Å². The molecular formula is C19H16N2O7S. The number of carbonyl (C=O) groups excluding carboxylic acids is 2. The maximum absolute atomic E-state index is 12.3. The smallest absolute Gasteiger partial charge is 0.307 e. The number of nitrogens with zero attached hydrogens (tertiary/aromatic N) is 1. The summed E-state index contributed by atoms with van der Waals surface area (Å²) in [6.07, 6.45) is -0.119. The number of nitro benzene ring substituents is 1. The van der Waals surface area contributed by atoms with E-state index in [-0.39, 0.29) is 38.0 Å². The van der Waals surface area contributed by atoms with E-state index in [1.165, 1.54) is 23.9 Å². The average molecular weight is 416 g/mol. The molecule has 0 fully saturated rings. The number of fused-ring (bicyclic) bond motifs is 2. The van der Waals surface area contributed by atoms with Gasteiger partial charge in [0.05, 0.1) is 28.9 Å². The highest BCUT2D eigenvalue weighted by Crippen LogP contribution is 2.37. The van der Waals surface area contributed by atoms with E-state index in [4.69, 9.17) is 14.2 Å². The summed E-state index contributed by atoms with van der Waals surface area (Å²) in [5.74, 6) is -0.420. The molecule has 9 nitrogen and oxygen atoms in total. The van der Waals surface area contributed by atoms with E-state index < -0.39 is 16.1 Å². The summed E-state index contributed by atoms with van der Waals surface area (Å²) in [6, 6.07) is 10.0. The molecular weight excluding hydrogens is 400 g/mol. The van der Waals surface area contributed by atoms with E-state index in [1.807, 2.05) is 18.2 Å². The van der Waals surface area contributed by atoms with E-state index in [1.54, 1.807) is 6.07 Å². The summed E-state index contributed by atoms with van der Waals surface area (Å²) < 4.78 is 15.9. The third-order valence-electron chi connectivity index (χ3n) is 4.43. The van der Waals surface area contributed by atoms with E-state index in [2.05, 4.69) is 5.32 Å². The van der Waals surface area contributed by atoms with Crippen molar-refractivity contribution < 1.29 is 28.7 Å². The zero-order valence-electron chi connectivity index (χ0n) is 15.1. The van der Waals surface area contributed by atoms with Crippen LogP contribution in [0.15, 0.2) is 41.3 Å². The normalized spacial score (nSPS) is 17.4. The highest BCUT2D eigenvalue weighted by atomic mass is 32.2. The molecule has 0 spiro atoms. The summed E-state index contributed by atoms with van der Waals surface area (Å²) in [6.45, 7) is -0.00124. The third kappa shape index (κ3) is 4.17. The lowest BCUT2D eigenvalue weighted by Gasteiger charge is -2.23. The number of thioether (sulfide) groups is 1. The first-order valence-electron chi connectivity index (χ1n) is 8.74. The number of hydrogen-bond donors (Lipinski definition) is 1. The average Bonchev–Trinajstić information content (AvgIpc) is 2.72. The van der Waals surface area contributed by atoms with E-state index >= 15 is 0 Å². The van der Waals surface area contributed by atoms with Gasteiger partial charge in [0.2, 0.25) is 5.91 Å². The minimum Gasteiger partial charge on any atom is -0.467 e. The van der Waals surface area contributed by atoms with Gasteiger partial charge in [-0.05, 0) is 12.1 Å². The summed E-state index contributed by atoms with van der Waals surface area (Å²) >= 11 is 1.30. The molecule has 1 atom stereocenters. The number of anilines is 1. The molecule has 1 amide bonds. The molecule has 2 aliphatic rings. The Morgan fingerprint density at radius 3 is 3.00 bits per heavy atom. The number of amides is 1. The Labute approximate surface area is 169 Å². The number of nitro groups is 1. The molecule has 0 saturated carbocycles. The first-order valence-corrected chi connectivity index (χ1v) is 9.62. The van der Waals surface area contributed by atoms with Crippen molar-refractivity contribution in [2.24, 2.45) is 0 Å². The SMILES string of the molecule is O=C(C[C@H]1Sc2ccccc2NC1=O)OCc1cc([N+](=O)[O-])cc2c1OCOC2. The van der Waals surface area contributed by atoms with Crippen LogP contribution in [0.5, 0.6) is 5.75 Å². The molecule has 150 valence electrons. The van der Waals surface area contributed by atoms with E-state index in [0.29, 0.717) is 16.9 Å². The van der Waals surface area contributed by atoms with Gasteiger partial charge in [-0.3, -0.25) is 19.7 Å². The standard InChI is InChI=1S/C19H16N2O7S/c22-17(7-16-19(23)20-14-3-1-2-4-15(14)29-16)27-9-12-6-13(21(24)25)5-11-8-26-10-28-18(11)12/h1-6,16H,7-10H2,(H,20,23)/t16-/m1/s1. The zero-order chi connectivity index (χ0) is 20.4. The van der Waals surface area contributed by atoms with Crippen LogP contribution in [0.3, 0.4) is 0 Å². The van der Waals surface area contributed by atoms with Crippen LogP contribution in [0.25, 0.3) is 0 Å². The maximum Gasteiger partial charge on any atom is 0.307 e. The van der Waals surface area contributed by atoms with Crippen LogP contribution in [0.1, 0.15) is 17.5 Å². The fraction of sp³-hybridized carbons (Fsp3) is 0.263. The topological polar surface area (TPSA) is 117 Å². The molecule has 1 N–H and O–H groups in total. The molecule has 0 bridgehead atoms. The van der Waals surface area contributed by atoms with Gasteiger partial charge in [0.15, 0.2) is 6.79 Å². The minimum absolute atomic E-state index is 0.0179. The predicted molar refractivity (Wildman–Crippen MR) is 103 cm³/mol. The molecule has 2 aromatic carbocycles. The number of carbonyl (C=O) groups is 2. The van der Waals surface area contributed by atoms with Gasteiger partial charge in [-0.1, -0.05) is 12.1 Å². The first kappa shape index (κ1) is 19.2. The molecule has 2 aliphatic heterocycles. The van der Waals surface area contributed by atoms with Gasteiger partial charge >= 0.3 is 5.97 Å². The Hall–Kier alpha value is -3.11. The van der Waals surface area contributed by atoms with Crippen LogP contribution in [-0.2, 0) is 32.3 Å². The maximum atomic E-state index is 12.3. The van der Waals surface area contributed by atoms with Gasteiger partial charge in [-0.15, -0.1) is 11.8 Å².